The fourth-order valence-corrected chi connectivity index (χ4v) is 1.96. The van der Waals surface area contributed by atoms with E-state index >= 15 is 0 Å². The van der Waals surface area contributed by atoms with Crippen molar-refractivity contribution >= 4 is 16.8 Å². The summed E-state index contributed by atoms with van der Waals surface area (Å²) >= 11 is 0. The van der Waals surface area contributed by atoms with Crippen molar-refractivity contribution in [1.82, 2.24) is 9.88 Å². The topological polar surface area (TPSA) is 64.5 Å². The van der Waals surface area contributed by atoms with Crippen LogP contribution in [0, 0.1) is 0 Å². The predicted octanol–water partition coefficient (Wildman–Crippen LogP) is 2.27. The van der Waals surface area contributed by atoms with Gasteiger partial charge in [0.1, 0.15) is 5.52 Å². The van der Waals surface area contributed by atoms with Gasteiger partial charge in [0.2, 0.25) is 5.89 Å². The molecule has 1 aromatic heterocycles. The van der Waals surface area contributed by atoms with Crippen molar-refractivity contribution in [3.63, 3.8) is 0 Å². The van der Waals surface area contributed by atoms with Gasteiger partial charge in [0.15, 0.2) is 5.58 Å². The number of rotatable bonds is 6. The summed E-state index contributed by atoms with van der Waals surface area (Å²) in [5.74, 6) is 0.713. The fourth-order valence-electron chi connectivity index (χ4n) is 1.96. The zero-order valence-electron chi connectivity index (χ0n) is 11.7. The van der Waals surface area contributed by atoms with Gasteiger partial charge in [-0.3, -0.25) is 4.90 Å². The first kappa shape index (κ1) is 13.8. The molecule has 0 aliphatic heterocycles. The molecule has 0 amide bonds. The molecule has 0 fully saturated rings. The number of nitrogens with zero attached hydrogens (tertiary/aromatic N) is 2. The molecule has 0 radical (unpaired) electrons. The highest BCUT2D eigenvalue weighted by atomic mass is 16.5. The normalized spacial score (nSPS) is 11.8. The van der Waals surface area contributed by atoms with Crippen LogP contribution < -0.4 is 5.73 Å². The molecule has 1 aromatic carbocycles. The van der Waals surface area contributed by atoms with E-state index in [9.17, 15) is 0 Å². The molecule has 19 heavy (non-hydrogen) atoms. The van der Waals surface area contributed by atoms with E-state index in [1.54, 1.807) is 7.11 Å². The lowest BCUT2D eigenvalue weighted by molar-refractivity contribution is 0.118. The number of anilines is 1. The summed E-state index contributed by atoms with van der Waals surface area (Å²) in [5.41, 5.74) is 8.03. The predicted molar refractivity (Wildman–Crippen MR) is 75.8 cm³/mol. The summed E-state index contributed by atoms with van der Waals surface area (Å²) in [6.07, 6.45) is 0. The van der Waals surface area contributed by atoms with E-state index in [-0.39, 0.29) is 0 Å². The first-order chi connectivity index (χ1) is 9.10. The summed E-state index contributed by atoms with van der Waals surface area (Å²) in [6, 6.07) is 5.92. The Kier molecular flexibility index (Phi) is 4.39. The number of ether oxygens (including phenoxy) is 1. The quantitative estimate of drug-likeness (QED) is 0.810. The van der Waals surface area contributed by atoms with Crippen molar-refractivity contribution < 1.29 is 9.15 Å². The zero-order valence-corrected chi connectivity index (χ0v) is 11.7. The van der Waals surface area contributed by atoms with Crippen molar-refractivity contribution in [3.8, 4) is 0 Å². The Hall–Kier alpha value is -1.59. The first-order valence-corrected chi connectivity index (χ1v) is 6.48. The molecule has 0 atom stereocenters. The number of benzene rings is 1. The third-order valence-corrected chi connectivity index (χ3v) is 3.11. The Morgan fingerprint density at radius 1 is 1.42 bits per heavy atom. The van der Waals surface area contributed by atoms with Crippen molar-refractivity contribution in [1.29, 1.82) is 0 Å². The van der Waals surface area contributed by atoms with Gasteiger partial charge in [-0.1, -0.05) is 0 Å². The lowest BCUT2D eigenvalue weighted by Gasteiger charge is -2.24. The molecule has 0 bridgehead atoms. The van der Waals surface area contributed by atoms with Gasteiger partial charge >= 0.3 is 0 Å². The van der Waals surface area contributed by atoms with Gasteiger partial charge in [-0.2, -0.15) is 0 Å². The van der Waals surface area contributed by atoms with Crippen LogP contribution in [0.15, 0.2) is 22.6 Å². The van der Waals surface area contributed by atoms with E-state index < -0.39 is 0 Å². The molecular weight excluding hydrogens is 242 g/mol. The molecule has 2 rings (SSSR count). The van der Waals surface area contributed by atoms with Crippen LogP contribution in [0.2, 0.25) is 0 Å². The van der Waals surface area contributed by atoms with Crippen molar-refractivity contribution in [2.45, 2.75) is 26.4 Å². The van der Waals surface area contributed by atoms with Crippen LogP contribution in [0.5, 0.6) is 0 Å². The smallest absolute Gasteiger partial charge is 0.209 e. The molecule has 0 saturated heterocycles. The third kappa shape index (κ3) is 3.45. The maximum Gasteiger partial charge on any atom is 0.209 e. The van der Waals surface area contributed by atoms with E-state index in [0.717, 1.165) is 17.6 Å². The van der Waals surface area contributed by atoms with Gasteiger partial charge in [-0.05, 0) is 32.0 Å². The van der Waals surface area contributed by atoms with Gasteiger partial charge in [-0.15, -0.1) is 0 Å². The number of aromatic nitrogens is 1. The number of nitrogen functional groups attached to an aromatic ring is 1. The highest BCUT2D eigenvalue weighted by Gasteiger charge is 2.14. The Labute approximate surface area is 113 Å². The lowest BCUT2D eigenvalue weighted by atomic mass is 10.3. The average Bonchev–Trinajstić information content (AvgIpc) is 2.75. The monoisotopic (exact) mass is 263 g/mol. The minimum Gasteiger partial charge on any atom is -0.439 e. The van der Waals surface area contributed by atoms with E-state index in [1.165, 1.54) is 0 Å². The van der Waals surface area contributed by atoms with Gasteiger partial charge in [0.05, 0.1) is 13.2 Å². The number of methoxy groups -OCH3 is 1. The van der Waals surface area contributed by atoms with Crippen LogP contribution in [0.1, 0.15) is 19.7 Å². The molecule has 2 aromatic rings. The fraction of sp³-hybridized carbons (Fsp3) is 0.500. The minimum atomic E-state index is 0.412. The SMILES string of the molecule is COCCN(Cc1nc2cc(N)ccc2o1)C(C)C. The van der Waals surface area contributed by atoms with Crippen LogP contribution in [-0.2, 0) is 11.3 Å². The van der Waals surface area contributed by atoms with E-state index in [1.807, 2.05) is 18.2 Å². The molecule has 0 aliphatic rings. The number of oxazole rings is 1. The Morgan fingerprint density at radius 3 is 2.89 bits per heavy atom. The molecular formula is C14H21N3O2. The molecule has 104 valence electrons. The van der Waals surface area contributed by atoms with Crippen LogP contribution in [0.3, 0.4) is 0 Å². The Balaban J connectivity index is 2.14. The minimum absolute atomic E-state index is 0.412. The van der Waals surface area contributed by atoms with E-state index in [0.29, 0.717) is 30.8 Å². The number of nitrogens with two attached hydrogens (primary N) is 1. The molecule has 1 heterocycles. The molecule has 5 heteroatoms. The molecule has 5 nitrogen and oxygen atoms in total. The first-order valence-electron chi connectivity index (χ1n) is 6.48. The van der Waals surface area contributed by atoms with Crippen LogP contribution in [-0.4, -0.2) is 36.2 Å². The molecule has 0 saturated carbocycles. The Morgan fingerprint density at radius 2 is 2.21 bits per heavy atom. The molecule has 0 spiro atoms. The third-order valence-electron chi connectivity index (χ3n) is 3.11. The second-order valence-corrected chi connectivity index (χ2v) is 4.89. The van der Waals surface area contributed by atoms with Gasteiger partial charge in [0.25, 0.3) is 0 Å². The maximum atomic E-state index is 5.74. The second-order valence-electron chi connectivity index (χ2n) is 4.89. The highest BCUT2D eigenvalue weighted by molar-refractivity contribution is 5.76. The summed E-state index contributed by atoms with van der Waals surface area (Å²) in [4.78, 5) is 6.74. The van der Waals surface area contributed by atoms with E-state index in [2.05, 4.69) is 23.7 Å². The van der Waals surface area contributed by atoms with Crippen LogP contribution in [0.4, 0.5) is 5.69 Å². The summed E-state index contributed by atoms with van der Waals surface area (Å²) in [7, 11) is 1.71. The number of hydrogen-bond acceptors (Lipinski definition) is 5. The lowest BCUT2D eigenvalue weighted by Crippen LogP contribution is -2.33. The van der Waals surface area contributed by atoms with Crippen LogP contribution in [0.25, 0.3) is 11.1 Å². The van der Waals surface area contributed by atoms with Gasteiger partial charge < -0.3 is 14.9 Å². The number of fused-ring (bicyclic) bond motifs is 1. The highest BCUT2D eigenvalue weighted by Crippen LogP contribution is 2.19. The van der Waals surface area contributed by atoms with E-state index in [4.69, 9.17) is 14.9 Å². The Bertz CT molecular complexity index is 536. The second kappa shape index (κ2) is 6.04. The summed E-state index contributed by atoms with van der Waals surface area (Å²) < 4.78 is 10.9. The largest absolute Gasteiger partial charge is 0.439 e. The summed E-state index contributed by atoms with van der Waals surface area (Å²) in [6.45, 7) is 6.53. The van der Waals surface area contributed by atoms with Gasteiger partial charge in [-0.25, -0.2) is 4.98 Å². The molecule has 2 N–H and O–H groups in total. The van der Waals surface area contributed by atoms with Gasteiger partial charge in [0, 0.05) is 25.4 Å². The standard InChI is InChI=1S/C14H21N3O2/c1-10(2)17(6-7-18-3)9-14-16-12-8-11(15)4-5-13(12)19-14/h4-5,8,10H,6-7,9,15H2,1-3H3. The number of hydrogen-bond donors (Lipinski definition) is 1. The summed E-state index contributed by atoms with van der Waals surface area (Å²) in [5, 5.41) is 0. The van der Waals surface area contributed by atoms with Crippen LogP contribution >= 0.6 is 0 Å². The van der Waals surface area contributed by atoms with Crippen molar-refractivity contribution in [2.24, 2.45) is 0 Å². The molecule has 0 unspecified atom stereocenters. The van der Waals surface area contributed by atoms with Crippen molar-refractivity contribution in [3.05, 3.63) is 24.1 Å². The van der Waals surface area contributed by atoms with Crippen molar-refractivity contribution in [2.75, 3.05) is 26.0 Å². The molecule has 0 aliphatic carbocycles. The zero-order chi connectivity index (χ0) is 13.8. The maximum absolute atomic E-state index is 5.74. The average molecular weight is 263 g/mol.